The molecule has 1 aliphatic rings. The Morgan fingerprint density at radius 1 is 1.25 bits per heavy atom. The summed E-state index contributed by atoms with van der Waals surface area (Å²) in [6.07, 6.45) is 2.66. The molecule has 0 atom stereocenters. The fourth-order valence-corrected chi connectivity index (χ4v) is 2.93. The highest BCUT2D eigenvalue weighted by atomic mass is 16.2. The molecule has 0 spiro atoms. The number of rotatable bonds is 3. The summed E-state index contributed by atoms with van der Waals surface area (Å²) in [7, 11) is 0. The van der Waals surface area contributed by atoms with Gasteiger partial charge in [0.1, 0.15) is 6.54 Å². The summed E-state index contributed by atoms with van der Waals surface area (Å²) in [4.78, 5) is 24.1. The van der Waals surface area contributed by atoms with E-state index in [9.17, 15) is 9.59 Å². The second-order valence-electron chi connectivity index (χ2n) is 5.81. The number of fused-ring (bicyclic) bond motifs is 2. The minimum Gasteiger partial charge on any atom is -0.352 e. The number of nitrogens with one attached hydrogen (secondary N) is 2. The minimum atomic E-state index is -0.182. The van der Waals surface area contributed by atoms with Crippen LogP contribution in [0.1, 0.15) is 15.9 Å². The molecule has 0 radical (unpaired) electrons. The molecule has 0 aliphatic carbocycles. The summed E-state index contributed by atoms with van der Waals surface area (Å²) in [6.45, 7) is 0.780. The third-order valence-corrected chi connectivity index (χ3v) is 4.08. The molecule has 0 unspecified atom stereocenters. The van der Waals surface area contributed by atoms with Gasteiger partial charge in [-0.2, -0.15) is 5.10 Å². The lowest BCUT2D eigenvalue weighted by Crippen LogP contribution is -2.32. The van der Waals surface area contributed by atoms with E-state index in [1.54, 1.807) is 10.7 Å². The van der Waals surface area contributed by atoms with Crippen LogP contribution in [0.25, 0.3) is 10.9 Å². The van der Waals surface area contributed by atoms with Crippen molar-refractivity contribution in [1.29, 1.82) is 0 Å². The highest BCUT2D eigenvalue weighted by Crippen LogP contribution is 2.19. The Labute approximate surface area is 138 Å². The van der Waals surface area contributed by atoms with Crippen molar-refractivity contribution in [2.24, 2.45) is 0 Å². The van der Waals surface area contributed by atoms with Crippen LogP contribution in [0.3, 0.4) is 0 Å². The quantitative estimate of drug-likeness (QED) is 0.774. The average Bonchev–Trinajstić information content (AvgIpc) is 2.97. The average molecular weight is 320 g/mol. The molecule has 3 aromatic rings. The van der Waals surface area contributed by atoms with Crippen LogP contribution >= 0.6 is 0 Å². The molecule has 2 aromatic carbocycles. The zero-order valence-corrected chi connectivity index (χ0v) is 13.0. The molecule has 0 saturated heterocycles. The number of benzene rings is 2. The number of amides is 2. The normalized spacial score (nSPS) is 13.4. The van der Waals surface area contributed by atoms with Gasteiger partial charge in [-0.3, -0.25) is 14.3 Å². The number of carbonyl (C=O) groups excluding carboxylic acids is 2. The molecule has 6 heteroatoms. The summed E-state index contributed by atoms with van der Waals surface area (Å²) >= 11 is 0. The van der Waals surface area contributed by atoms with Gasteiger partial charge in [0.15, 0.2) is 0 Å². The van der Waals surface area contributed by atoms with Crippen LogP contribution in [-0.4, -0.2) is 28.1 Å². The van der Waals surface area contributed by atoms with Gasteiger partial charge in [0.25, 0.3) is 5.91 Å². The van der Waals surface area contributed by atoms with Gasteiger partial charge < -0.3 is 10.6 Å². The third kappa shape index (κ3) is 2.74. The van der Waals surface area contributed by atoms with Crippen molar-refractivity contribution in [3.8, 4) is 0 Å². The highest BCUT2D eigenvalue weighted by molar-refractivity contribution is 5.99. The zero-order chi connectivity index (χ0) is 16.5. The van der Waals surface area contributed by atoms with Crippen molar-refractivity contribution in [2.45, 2.75) is 13.0 Å². The Morgan fingerprint density at radius 3 is 3.00 bits per heavy atom. The molecule has 0 bridgehead atoms. The fourth-order valence-electron chi connectivity index (χ4n) is 2.93. The van der Waals surface area contributed by atoms with E-state index in [1.807, 2.05) is 42.6 Å². The van der Waals surface area contributed by atoms with E-state index in [2.05, 4.69) is 15.7 Å². The monoisotopic (exact) mass is 320 g/mol. The van der Waals surface area contributed by atoms with Crippen molar-refractivity contribution in [2.75, 3.05) is 11.9 Å². The van der Waals surface area contributed by atoms with Crippen LogP contribution in [-0.2, 0) is 17.8 Å². The SMILES string of the molecule is O=C(Cn1cc2ccccc2n1)Nc1ccc2c(c1)C(=O)NCC2. The van der Waals surface area contributed by atoms with E-state index >= 15 is 0 Å². The lowest BCUT2D eigenvalue weighted by atomic mass is 10.00. The van der Waals surface area contributed by atoms with Gasteiger partial charge in [-0.05, 0) is 30.2 Å². The first-order valence-corrected chi connectivity index (χ1v) is 7.82. The predicted octanol–water partition coefficient (Wildman–Crippen LogP) is 1.96. The number of nitrogens with zero attached hydrogens (tertiary/aromatic N) is 2. The number of carbonyl (C=O) groups is 2. The molecule has 24 heavy (non-hydrogen) atoms. The zero-order valence-electron chi connectivity index (χ0n) is 13.0. The van der Waals surface area contributed by atoms with Crippen LogP contribution in [0.4, 0.5) is 5.69 Å². The minimum absolute atomic E-state index is 0.0920. The van der Waals surface area contributed by atoms with E-state index in [4.69, 9.17) is 0 Å². The second kappa shape index (κ2) is 5.81. The Bertz CT molecular complexity index is 912. The Kier molecular flexibility index (Phi) is 3.49. The molecule has 1 aromatic heterocycles. The first kappa shape index (κ1) is 14.4. The summed E-state index contributed by atoms with van der Waals surface area (Å²) in [5, 5.41) is 11.0. The van der Waals surface area contributed by atoms with Gasteiger partial charge in [-0.25, -0.2) is 0 Å². The summed E-state index contributed by atoms with van der Waals surface area (Å²) < 4.78 is 1.62. The summed E-state index contributed by atoms with van der Waals surface area (Å²) in [6, 6.07) is 13.2. The molecule has 1 aliphatic heterocycles. The summed E-state index contributed by atoms with van der Waals surface area (Å²) in [5.41, 5.74) is 3.11. The lowest BCUT2D eigenvalue weighted by Gasteiger charge is -2.17. The predicted molar refractivity (Wildman–Crippen MR) is 90.8 cm³/mol. The van der Waals surface area contributed by atoms with Crippen LogP contribution in [0, 0.1) is 0 Å². The maximum Gasteiger partial charge on any atom is 0.251 e. The molecule has 0 saturated carbocycles. The van der Waals surface area contributed by atoms with Gasteiger partial charge in [-0.15, -0.1) is 0 Å². The van der Waals surface area contributed by atoms with Crippen molar-refractivity contribution >= 4 is 28.4 Å². The molecular formula is C18H16N4O2. The van der Waals surface area contributed by atoms with E-state index in [-0.39, 0.29) is 18.4 Å². The van der Waals surface area contributed by atoms with Crippen LogP contribution in [0.5, 0.6) is 0 Å². The first-order chi connectivity index (χ1) is 11.7. The van der Waals surface area contributed by atoms with Gasteiger partial charge in [0.2, 0.25) is 5.91 Å². The Balaban J connectivity index is 1.49. The van der Waals surface area contributed by atoms with Gasteiger partial charge in [0, 0.05) is 29.4 Å². The number of hydrogen-bond donors (Lipinski definition) is 2. The third-order valence-electron chi connectivity index (χ3n) is 4.08. The molecular weight excluding hydrogens is 304 g/mol. The van der Waals surface area contributed by atoms with E-state index in [0.29, 0.717) is 17.8 Å². The molecule has 2 N–H and O–H groups in total. The topological polar surface area (TPSA) is 76.0 Å². The van der Waals surface area contributed by atoms with Gasteiger partial charge in [-0.1, -0.05) is 24.3 Å². The maximum atomic E-state index is 12.2. The van der Waals surface area contributed by atoms with E-state index in [1.165, 1.54) is 0 Å². The van der Waals surface area contributed by atoms with Crippen molar-refractivity contribution in [1.82, 2.24) is 15.1 Å². The molecule has 6 nitrogen and oxygen atoms in total. The van der Waals surface area contributed by atoms with Crippen molar-refractivity contribution in [3.05, 3.63) is 59.8 Å². The maximum absolute atomic E-state index is 12.2. The standard InChI is InChI=1S/C18H16N4O2/c23-17(11-22-10-13-3-1-2-4-16(13)21-22)20-14-6-5-12-7-8-19-18(24)15(12)9-14/h1-6,9-10H,7-8,11H2,(H,19,24)(H,20,23). The Morgan fingerprint density at radius 2 is 2.12 bits per heavy atom. The molecule has 0 fully saturated rings. The highest BCUT2D eigenvalue weighted by Gasteiger charge is 2.17. The van der Waals surface area contributed by atoms with Crippen molar-refractivity contribution < 1.29 is 9.59 Å². The van der Waals surface area contributed by atoms with Crippen LogP contribution in [0.2, 0.25) is 0 Å². The molecule has 2 heterocycles. The van der Waals surface area contributed by atoms with E-state index < -0.39 is 0 Å². The number of aromatic nitrogens is 2. The van der Waals surface area contributed by atoms with Crippen LogP contribution in [0.15, 0.2) is 48.7 Å². The fraction of sp³-hybridized carbons (Fsp3) is 0.167. The molecule has 4 rings (SSSR count). The van der Waals surface area contributed by atoms with Crippen molar-refractivity contribution in [3.63, 3.8) is 0 Å². The van der Waals surface area contributed by atoms with Gasteiger partial charge in [0.05, 0.1) is 5.52 Å². The Hall–Kier alpha value is -3.15. The number of hydrogen-bond acceptors (Lipinski definition) is 3. The smallest absolute Gasteiger partial charge is 0.251 e. The lowest BCUT2D eigenvalue weighted by molar-refractivity contribution is -0.116. The first-order valence-electron chi connectivity index (χ1n) is 7.82. The van der Waals surface area contributed by atoms with Gasteiger partial charge >= 0.3 is 0 Å². The van der Waals surface area contributed by atoms with E-state index in [0.717, 1.165) is 22.9 Å². The van der Waals surface area contributed by atoms with Crippen LogP contribution < -0.4 is 10.6 Å². The summed E-state index contributed by atoms with van der Waals surface area (Å²) in [5.74, 6) is -0.273. The molecule has 2 amide bonds. The molecule has 120 valence electrons. The number of anilines is 1. The second-order valence-corrected chi connectivity index (χ2v) is 5.81. The largest absolute Gasteiger partial charge is 0.352 e.